The molecule has 0 amide bonds. The fourth-order valence-corrected chi connectivity index (χ4v) is 5.41. The number of nitrogens with zero attached hydrogens (tertiary/aromatic N) is 1. The maximum Gasteiger partial charge on any atom is 0.342 e. The number of aromatic amines is 1. The van der Waals surface area contributed by atoms with E-state index in [1.165, 1.54) is 13.8 Å². The Morgan fingerprint density at radius 2 is 1.60 bits per heavy atom. The smallest absolute Gasteiger partial charge is 0.342 e. The average molecular weight is 603 g/mol. The van der Waals surface area contributed by atoms with Gasteiger partial charge in [0.2, 0.25) is 0 Å². The fraction of sp³-hybridized carbons (Fsp3) is 0.727. The Morgan fingerprint density at radius 1 is 1.10 bits per heavy atom. The summed E-state index contributed by atoms with van der Waals surface area (Å²) < 4.78 is 78.4. The van der Waals surface area contributed by atoms with Crippen LogP contribution in [0.15, 0.2) is 21.9 Å². The van der Waals surface area contributed by atoms with Crippen molar-refractivity contribution in [3.8, 4) is 0 Å². The Morgan fingerprint density at radius 3 is 2.02 bits per heavy atom. The first-order valence-electron chi connectivity index (χ1n) is 12.2. The first kappa shape index (κ1) is 33.6. The zero-order valence-electron chi connectivity index (χ0n) is 22.6. The minimum absolute atomic E-state index is 0.448. The Bertz CT molecular complexity index is 1180. The molecule has 1 aliphatic rings. The van der Waals surface area contributed by atoms with E-state index in [-0.39, 0.29) is 0 Å². The van der Waals surface area contributed by atoms with Crippen LogP contribution in [0.3, 0.4) is 0 Å². The molecule has 0 spiro atoms. The van der Waals surface area contributed by atoms with Gasteiger partial charge in [-0.1, -0.05) is 0 Å². The van der Waals surface area contributed by atoms with E-state index in [2.05, 4.69) is 10.2 Å². The normalized spacial score (nSPS) is 24.9. The van der Waals surface area contributed by atoms with Crippen LogP contribution in [0.4, 0.5) is 13.2 Å². The van der Waals surface area contributed by atoms with Crippen molar-refractivity contribution in [3.63, 3.8) is 0 Å². The summed E-state index contributed by atoms with van der Waals surface area (Å²) in [6.45, 7) is 7.18. The molecule has 18 heteroatoms. The highest BCUT2D eigenvalue weighted by atomic mass is 31.2. The van der Waals surface area contributed by atoms with Crippen LogP contribution >= 0.6 is 7.67 Å². The molecule has 1 saturated heterocycles. The third kappa shape index (κ3) is 8.01. The SMILES string of the molecule is CC(C)OC(=O)[C@H](C)NP(=O)(N[C@@H](C)C(=O)OC(C)C)OC[C@@]1(C(F)F)O[C@@H](n2ccc(=O)[nH]c2=O)[C@@H](F)[C@@H]1O. The van der Waals surface area contributed by atoms with Crippen LogP contribution in [0.1, 0.15) is 47.8 Å². The van der Waals surface area contributed by atoms with Gasteiger partial charge in [0, 0.05) is 12.3 Å². The van der Waals surface area contributed by atoms with Gasteiger partial charge in [-0.05, 0) is 41.5 Å². The number of hydrogen-bond acceptors (Lipinski definition) is 10. The summed E-state index contributed by atoms with van der Waals surface area (Å²) in [5, 5.41) is 15.0. The predicted molar refractivity (Wildman–Crippen MR) is 132 cm³/mol. The van der Waals surface area contributed by atoms with Crippen LogP contribution in [0.25, 0.3) is 0 Å². The van der Waals surface area contributed by atoms with Crippen molar-refractivity contribution in [3.05, 3.63) is 33.1 Å². The second kappa shape index (κ2) is 13.4. The summed E-state index contributed by atoms with van der Waals surface area (Å²) in [5.41, 5.74) is -5.24. The van der Waals surface area contributed by atoms with Gasteiger partial charge >= 0.3 is 25.3 Å². The van der Waals surface area contributed by atoms with Crippen molar-refractivity contribution in [2.75, 3.05) is 6.61 Å². The molecule has 1 aromatic rings. The van der Waals surface area contributed by atoms with Gasteiger partial charge in [-0.3, -0.25) is 28.5 Å². The van der Waals surface area contributed by atoms with E-state index >= 15 is 4.39 Å². The molecule has 1 fully saturated rings. The van der Waals surface area contributed by atoms with Crippen LogP contribution in [-0.4, -0.2) is 81.8 Å². The molecule has 14 nitrogen and oxygen atoms in total. The number of hydrogen-bond donors (Lipinski definition) is 4. The van der Waals surface area contributed by atoms with Gasteiger partial charge in [-0.2, -0.15) is 0 Å². The predicted octanol–water partition coefficient (Wildman–Crippen LogP) is 0.752. The zero-order chi connectivity index (χ0) is 30.6. The second-order valence-electron chi connectivity index (χ2n) is 9.67. The molecule has 2 heterocycles. The number of rotatable bonds is 13. The summed E-state index contributed by atoms with van der Waals surface area (Å²) >= 11 is 0. The van der Waals surface area contributed by atoms with Crippen molar-refractivity contribution in [2.45, 2.75) is 96.4 Å². The van der Waals surface area contributed by atoms with Gasteiger partial charge in [-0.25, -0.2) is 28.1 Å². The number of aromatic nitrogens is 2. The van der Waals surface area contributed by atoms with E-state index in [0.717, 1.165) is 12.3 Å². The Balaban J connectivity index is 2.39. The molecule has 1 aliphatic heterocycles. The van der Waals surface area contributed by atoms with Crippen LogP contribution in [0.2, 0.25) is 0 Å². The Kier molecular flexibility index (Phi) is 11.3. The molecule has 0 saturated carbocycles. The molecule has 0 bridgehead atoms. The van der Waals surface area contributed by atoms with Crippen molar-refractivity contribution < 1.29 is 51.2 Å². The molecule has 0 radical (unpaired) electrons. The van der Waals surface area contributed by atoms with Crippen LogP contribution in [0, 0.1) is 0 Å². The number of nitrogens with one attached hydrogen (secondary N) is 3. The second-order valence-corrected chi connectivity index (χ2v) is 11.5. The van der Waals surface area contributed by atoms with Crippen molar-refractivity contribution in [1.29, 1.82) is 0 Å². The Labute approximate surface area is 227 Å². The topological polar surface area (TPSA) is 187 Å². The van der Waals surface area contributed by atoms with Gasteiger partial charge in [0.05, 0.1) is 18.8 Å². The van der Waals surface area contributed by atoms with E-state index in [1.807, 2.05) is 4.98 Å². The number of ether oxygens (including phenoxy) is 3. The number of H-pyrrole nitrogens is 1. The lowest BCUT2D eigenvalue weighted by Crippen LogP contribution is -2.53. The standard InChI is InChI=1S/C22H34F3N4O10P/c1-10(2)37-18(32)12(5)27-40(35,28-13(6)19(33)38-11(3)4)36-9-22(20(24)25)16(31)15(23)17(39-22)29-8-7-14(30)26-21(29)34/h7-8,10-13,15-17,20,31H,9H2,1-6H3,(H,26,30,34)(H2,27,28,35)/t12-,13-,15-,16-,17+,22+/m0/s1. The monoisotopic (exact) mass is 602 g/mol. The van der Waals surface area contributed by atoms with Gasteiger partial charge < -0.3 is 23.8 Å². The third-order valence-electron chi connectivity index (χ3n) is 5.52. The number of esters is 2. The lowest BCUT2D eigenvalue weighted by atomic mass is 9.97. The van der Waals surface area contributed by atoms with E-state index in [1.54, 1.807) is 27.7 Å². The largest absolute Gasteiger partial charge is 0.462 e. The van der Waals surface area contributed by atoms with E-state index < -0.39 is 92.3 Å². The first-order valence-corrected chi connectivity index (χ1v) is 13.9. The van der Waals surface area contributed by atoms with Gasteiger partial charge in [0.1, 0.15) is 18.2 Å². The highest BCUT2D eigenvalue weighted by Crippen LogP contribution is 2.47. The van der Waals surface area contributed by atoms with Crippen molar-refractivity contribution in [2.24, 2.45) is 0 Å². The van der Waals surface area contributed by atoms with Crippen molar-refractivity contribution >= 4 is 19.6 Å². The molecular weight excluding hydrogens is 568 g/mol. The molecule has 0 unspecified atom stereocenters. The quantitative estimate of drug-likeness (QED) is 0.184. The molecule has 4 N–H and O–H groups in total. The highest BCUT2D eigenvalue weighted by Gasteiger charge is 2.62. The van der Waals surface area contributed by atoms with Gasteiger partial charge in [0.15, 0.2) is 18.0 Å². The maximum atomic E-state index is 15.1. The van der Waals surface area contributed by atoms with Gasteiger partial charge in [-0.15, -0.1) is 0 Å². The third-order valence-corrected chi connectivity index (χ3v) is 7.47. The number of alkyl halides is 3. The first-order chi connectivity index (χ1) is 18.4. The number of halogens is 3. The summed E-state index contributed by atoms with van der Waals surface area (Å²) in [6.07, 6.45) is -11.4. The average Bonchev–Trinajstić information content (AvgIpc) is 3.08. The van der Waals surface area contributed by atoms with E-state index in [9.17, 15) is 37.6 Å². The van der Waals surface area contributed by atoms with Crippen LogP contribution in [-0.2, 0) is 32.9 Å². The van der Waals surface area contributed by atoms with Crippen LogP contribution in [0.5, 0.6) is 0 Å². The zero-order valence-corrected chi connectivity index (χ0v) is 23.5. The number of aliphatic hydroxyl groups excluding tert-OH is 1. The summed E-state index contributed by atoms with van der Waals surface area (Å²) in [6, 6.07) is -1.93. The molecule has 0 aromatic carbocycles. The van der Waals surface area contributed by atoms with Gasteiger partial charge in [0.25, 0.3) is 12.0 Å². The van der Waals surface area contributed by atoms with Crippen molar-refractivity contribution in [1.82, 2.24) is 19.7 Å². The molecule has 1 aromatic heterocycles. The summed E-state index contributed by atoms with van der Waals surface area (Å²) in [4.78, 5) is 49.9. The van der Waals surface area contributed by atoms with E-state index in [4.69, 9.17) is 18.7 Å². The summed E-state index contributed by atoms with van der Waals surface area (Å²) in [7, 11) is -4.68. The molecule has 228 valence electrons. The lowest BCUT2D eigenvalue weighted by molar-refractivity contribution is -0.192. The highest BCUT2D eigenvalue weighted by molar-refractivity contribution is 7.54. The molecule has 2 rings (SSSR count). The number of carbonyl (C=O) groups is 2. The van der Waals surface area contributed by atoms with Crippen LogP contribution < -0.4 is 21.4 Å². The molecule has 0 aliphatic carbocycles. The van der Waals surface area contributed by atoms with E-state index in [0.29, 0.717) is 4.57 Å². The minimum Gasteiger partial charge on any atom is -0.462 e. The lowest BCUT2D eigenvalue weighted by Gasteiger charge is -2.33. The maximum absolute atomic E-state index is 15.1. The Hall–Kier alpha value is -2.56. The molecule has 6 atom stereocenters. The molecular formula is C22H34F3N4O10P. The minimum atomic E-state index is -4.68. The fourth-order valence-electron chi connectivity index (χ4n) is 3.57. The summed E-state index contributed by atoms with van der Waals surface area (Å²) in [5.74, 6) is -1.81. The number of aliphatic hydroxyl groups is 1. The molecule has 40 heavy (non-hydrogen) atoms. The number of carbonyl (C=O) groups excluding carboxylic acids is 2.